The Morgan fingerprint density at radius 1 is 1.17 bits per heavy atom. The van der Waals surface area contributed by atoms with Gasteiger partial charge in [0.1, 0.15) is 12.4 Å². The first-order chi connectivity index (χ1) is 14.8. The summed E-state index contributed by atoms with van der Waals surface area (Å²) >= 11 is 0. The fraction of sp³-hybridized carbons (Fsp3) is 0.200. The number of ether oxygens (including phenoxy) is 1. The Hall–Kier alpha value is -3.62. The zero-order valence-electron chi connectivity index (χ0n) is 16.6. The third-order valence-corrected chi connectivity index (χ3v) is 5.53. The van der Waals surface area contributed by atoms with Gasteiger partial charge in [-0.1, -0.05) is 18.1 Å². The molecule has 1 atom stereocenters. The highest BCUT2D eigenvalue weighted by atomic mass is 16.5. The van der Waals surface area contributed by atoms with Crippen LogP contribution in [0, 0.1) is 12.3 Å². The molecule has 2 N–H and O–H groups in total. The molecule has 1 aliphatic heterocycles. The molecule has 1 aliphatic rings. The van der Waals surface area contributed by atoms with Gasteiger partial charge < -0.3 is 15.0 Å². The minimum atomic E-state index is 0.384. The number of pyridine rings is 2. The van der Waals surface area contributed by atoms with Crippen LogP contribution in [0.1, 0.15) is 18.4 Å². The number of terminal acetylenes is 1. The summed E-state index contributed by atoms with van der Waals surface area (Å²) in [5.74, 6) is 3.48. The highest BCUT2D eigenvalue weighted by Gasteiger charge is 2.20. The first-order valence-electron chi connectivity index (χ1n) is 10.2. The third-order valence-electron chi connectivity index (χ3n) is 5.53. The van der Waals surface area contributed by atoms with Crippen LogP contribution in [0.15, 0.2) is 61.1 Å². The summed E-state index contributed by atoms with van der Waals surface area (Å²) in [6.07, 6.45) is 13.4. The Morgan fingerprint density at radius 3 is 3.00 bits per heavy atom. The van der Waals surface area contributed by atoms with Crippen molar-refractivity contribution in [2.24, 2.45) is 0 Å². The second-order valence-electron chi connectivity index (χ2n) is 7.48. The zero-order chi connectivity index (χ0) is 20.3. The molecule has 4 heterocycles. The SMILES string of the molecule is C#Cc1cccc(-c2c(-c3ccncc3OC[C@@H]3CCCN3)[nH]c3cccnc23)c1. The van der Waals surface area contributed by atoms with Crippen LogP contribution < -0.4 is 10.1 Å². The highest BCUT2D eigenvalue weighted by molar-refractivity contribution is 6.02. The molecule has 3 aromatic heterocycles. The number of H-pyrrole nitrogens is 1. The average molecular weight is 394 g/mol. The third kappa shape index (κ3) is 3.42. The maximum absolute atomic E-state index is 6.21. The summed E-state index contributed by atoms with van der Waals surface area (Å²) in [7, 11) is 0. The lowest BCUT2D eigenvalue weighted by Crippen LogP contribution is -2.28. The van der Waals surface area contributed by atoms with Crippen LogP contribution in [-0.4, -0.2) is 34.1 Å². The lowest BCUT2D eigenvalue weighted by atomic mass is 9.99. The van der Waals surface area contributed by atoms with Crippen molar-refractivity contribution in [3.05, 3.63) is 66.6 Å². The quantitative estimate of drug-likeness (QED) is 0.493. The Kier molecular flexibility index (Phi) is 4.92. The summed E-state index contributed by atoms with van der Waals surface area (Å²) in [6.45, 7) is 1.68. The van der Waals surface area contributed by atoms with Gasteiger partial charge in [0.25, 0.3) is 0 Å². The molecule has 5 nitrogen and oxygen atoms in total. The van der Waals surface area contributed by atoms with E-state index in [1.54, 1.807) is 12.4 Å². The molecule has 0 unspecified atom stereocenters. The molecule has 0 amide bonds. The van der Waals surface area contributed by atoms with Crippen molar-refractivity contribution in [1.29, 1.82) is 0 Å². The summed E-state index contributed by atoms with van der Waals surface area (Å²) in [5.41, 5.74) is 6.65. The summed E-state index contributed by atoms with van der Waals surface area (Å²) < 4.78 is 6.21. The first-order valence-corrected chi connectivity index (χ1v) is 10.2. The minimum Gasteiger partial charge on any atom is -0.490 e. The molecular weight excluding hydrogens is 372 g/mol. The highest BCUT2D eigenvalue weighted by Crippen LogP contribution is 2.40. The predicted molar refractivity (Wildman–Crippen MR) is 119 cm³/mol. The number of aromatic amines is 1. The van der Waals surface area contributed by atoms with E-state index < -0.39 is 0 Å². The van der Waals surface area contributed by atoms with Crippen molar-refractivity contribution in [1.82, 2.24) is 20.3 Å². The molecule has 5 heteroatoms. The van der Waals surface area contributed by atoms with Gasteiger partial charge in [-0.2, -0.15) is 0 Å². The maximum atomic E-state index is 6.21. The van der Waals surface area contributed by atoms with Crippen LogP contribution in [-0.2, 0) is 0 Å². The summed E-state index contributed by atoms with van der Waals surface area (Å²) in [4.78, 5) is 12.5. The van der Waals surface area contributed by atoms with E-state index in [-0.39, 0.29) is 0 Å². The number of nitrogens with zero attached hydrogens (tertiary/aromatic N) is 2. The molecule has 1 fully saturated rings. The Morgan fingerprint density at radius 2 is 2.13 bits per heavy atom. The minimum absolute atomic E-state index is 0.384. The maximum Gasteiger partial charge on any atom is 0.146 e. The topological polar surface area (TPSA) is 62.8 Å². The smallest absolute Gasteiger partial charge is 0.146 e. The lowest BCUT2D eigenvalue weighted by Gasteiger charge is -2.15. The van der Waals surface area contributed by atoms with Gasteiger partial charge in [-0.15, -0.1) is 6.42 Å². The van der Waals surface area contributed by atoms with E-state index in [2.05, 4.69) is 32.3 Å². The summed E-state index contributed by atoms with van der Waals surface area (Å²) in [5, 5.41) is 3.48. The van der Waals surface area contributed by atoms with Gasteiger partial charge in [-0.25, -0.2) is 0 Å². The van der Waals surface area contributed by atoms with Crippen molar-refractivity contribution >= 4 is 11.0 Å². The number of hydrogen-bond donors (Lipinski definition) is 2. The lowest BCUT2D eigenvalue weighted by molar-refractivity contribution is 0.277. The molecule has 4 aromatic rings. The van der Waals surface area contributed by atoms with Crippen LogP contribution >= 0.6 is 0 Å². The van der Waals surface area contributed by atoms with E-state index in [0.717, 1.165) is 57.7 Å². The van der Waals surface area contributed by atoms with Gasteiger partial charge in [-0.05, 0) is 55.3 Å². The van der Waals surface area contributed by atoms with Crippen LogP contribution in [0.2, 0.25) is 0 Å². The second-order valence-corrected chi connectivity index (χ2v) is 7.48. The molecule has 1 saturated heterocycles. The standard InChI is InChI=1S/C25H22N4O/c1-2-17-6-3-7-18(14-17)23-24(29-21-9-5-12-28-25(21)23)20-10-13-26-15-22(20)30-16-19-8-4-11-27-19/h1,3,5-7,9-10,12-15,19,27,29H,4,8,11,16H2/t19-/m0/s1. The predicted octanol–water partition coefficient (Wildman–Crippen LogP) is 4.40. The monoisotopic (exact) mass is 394 g/mol. The van der Waals surface area contributed by atoms with E-state index >= 15 is 0 Å². The van der Waals surface area contributed by atoms with E-state index in [0.29, 0.717) is 12.6 Å². The van der Waals surface area contributed by atoms with Gasteiger partial charge in [0, 0.05) is 35.1 Å². The molecular formula is C25H22N4O. The van der Waals surface area contributed by atoms with Gasteiger partial charge in [0.15, 0.2) is 0 Å². The molecule has 5 rings (SSSR count). The largest absolute Gasteiger partial charge is 0.490 e. The number of fused-ring (bicyclic) bond motifs is 1. The van der Waals surface area contributed by atoms with Crippen LogP contribution in [0.3, 0.4) is 0 Å². The Bertz CT molecular complexity index is 1230. The number of nitrogens with one attached hydrogen (secondary N) is 2. The van der Waals surface area contributed by atoms with E-state index in [4.69, 9.17) is 11.2 Å². The number of benzene rings is 1. The average Bonchev–Trinajstić information content (AvgIpc) is 3.45. The Labute approximate surface area is 175 Å². The first kappa shape index (κ1) is 18.4. The number of aromatic nitrogens is 3. The van der Waals surface area contributed by atoms with Crippen molar-refractivity contribution in [2.45, 2.75) is 18.9 Å². The molecule has 148 valence electrons. The zero-order valence-corrected chi connectivity index (χ0v) is 16.6. The van der Waals surface area contributed by atoms with Crippen molar-refractivity contribution in [2.75, 3.05) is 13.2 Å². The van der Waals surface area contributed by atoms with Gasteiger partial charge in [-0.3, -0.25) is 9.97 Å². The Balaban J connectivity index is 1.64. The van der Waals surface area contributed by atoms with Gasteiger partial charge >= 0.3 is 0 Å². The van der Waals surface area contributed by atoms with E-state index in [1.807, 2.05) is 42.6 Å². The second kappa shape index (κ2) is 8.02. The van der Waals surface area contributed by atoms with Crippen molar-refractivity contribution < 1.29 is 4.74 Å². The molecule has 0 aliphatic carbocycles. The molecule has 0 saturated carbocycles. The molecule has 0 bridgehead atoms. The summed E-state index contributed by atoms with van der Waals surface area (Å²) in [6, 6.07) is 14.3. The van der Waals surface area contributed by atoms with Gasteiger partial charge in [0.2, 0.25) is 0 Å². The van der Waals surface area contributed by atoms with Crippen LogP contribution in [0.5, 0.6) is 5.75 Å². The molecule has 30 heavy (non-hydrogen) atoms. The molecule has 0 radical (unpaired) electrons. The fourth-order valence-corrected chi connectivity index (χ4v) is 4.06. The number of hydrogen-bond acceptors (Lipinski definition) is 4. The van der Waals surface area contributed by atoms with E-state index in [1.165, 1.54) is 6.42 Å². The number of rotatable bonds is 5. The van der Waals surface area contributed by atoms with Crippen molar-refractivity contribution in [3.63, 3.8) is 0 Å². The van der Waals surface area contributed by atoms with Crippen molar-refractivity contribution in [3.8, 4) is 40.5 Å². The van der Waals surface area contributed by atoms with Gasteiger partial charge in [0.05, 0.1) is 22.9 Å². The van der Waals surface area contributed by atoms with Crippen LogP contribution in [0.4, 0.5) is 0 Å². The normalized spacial score (nSPS) is 15.9. The fourth-order valence-electron chi connectivity index (χ4n) is 4.06. The van der Waals surface area contributed by atoms with Crippen LogP contribution in [0.25, 0.3) is 33.4 Å². The van der Waals surface area contributed by atoms with E-state index in [9.17, 15) is 0 Å². The molecule has 0 spiro atoms. The molecule has 1 aromatic carbocycles.